The molecule has 3 N–H and O–H groups in total. The third-order valence-corrected chi connectivity index (χ3v) is 13.3. The molecule has 0 bridgehead atoms. The molecule has 2 aliphatic rings. The molecule has 0 atom stereocenters. The summed E-state index contributed by atoms with van der Waals surface area (Å²) in [6.07, 6.45) is -5.11. The summed E-state index contributed by atoms with van der Waals surface area (Å²) in [5.74, 6) is -5.04. The number of ketones is 2. The van der Waals surface area contributed by atoms with Crippen molar-refractivity contribution >= 4 is 60.6 Å². The first-order valence-electron chi connectivity index (χ1n) is 19.5. The van der Waals surface area contributed by atoms with Crippen LogP contribution >= 0.6 is 0 Å². The number of para-hydroxylation sites is 2. The van der Waals surface area contributed by atoms with Crippen LogP contribution in [0.2, 0.25) is 0 Å². The summed E-state index contributed by atoms with van der Waals surface area (Å²) in [5, 5.41) is 1.50. The predicted molar refractivity (Wildman–Crippen MR) is 226 cm³/mol. The second-order valence-electron chi connectivity index (χ2n) is 14.5. The Morgan fingerprint density at radius 2 is 0.938 bits per heavy atom. The quantitative estimate of drug-likeness (QED) is 0.161. The zero-order valence-corrected chi connectivity index (χ0v) is 35.6. The van der Waals surface area contributed by atoms with Crippen LogP contribution in [0.4, 0.5) is 42.9 Å². The smallest absolute Gasteiger partial charge is 0.341 e. The summed E-state index contributed by atoms with van der Waals surface area (Å²) in [6, 6.07) is 22.5. The van der Waals surface area contributed by atoms with Crippen molar-refractivity contribution in [1.29, 1.82) is 0 Å². The van der Waals surface area contributed by atoms with Crippen molar-refractivity contribution in [1.82, 2.24) is 15.1 Å². The minimum atomic E-state index is -5.11. The zero-order valence-electron chi connectivity index (χ0n) is 34.0. The molecule has 2 heterocycles. The van der Waals surface area contributed by atoms with Crippen molar-refractivity contribution in [2.24, 2.45) is 5.73 Å². The fourth-order valence-electron chi connectivity index (χ4n) is 6.44. The van der Waals surface area contributed by atoms with Gasteiger partial charge >= 0.3 is 24.1 Å². The number of anilines is 2. The van der Waals surface area contributed by atoms with E-state index in [-0.39, 0.29) is 91.5 Å². The van der Waals surface area contributed by atoms with E-state index in [0.717, 1.165) is 4.90 Å². The molecule has 0 spiro atoms. The van der Waals surface area contributed by atoms with Gasteiger partial charge in [-0.05, 0) is 35.4 Å². The molecule has 4 aromatic carbocycles. The third-order valence-electron chi connectivity index (χ3n) is 10.1. The summed E-state index contributed by atoms with van der Waals surface area (Å²) in [5.41, 5.74) is 7.10. The van der Waals surface area contributed by atoms with Crippen LogP contribution in [-0.2, 0) is 37.6 Å². The number of benzene rings is 4. The van der Waals surface area contributed by atoms with E-state index in [4.69, 9.17) is 5.73 Å². The molecule has 0 saturated carbocycles. The fourth-order valence-corrected chi connectivity index (χ4v) is 8.84. The number of amides is 5. The SMILES string of the molecule is NCC(=O)c1ccc(CN(C(=O)N2CCS(=O)(=O)CC2)c2ccccc2F)cc1.O=C(CNC(=O)C(F)(F)F)c1ccc(CN(C(=O)N2CCS(=O)(=O)CC2)c2ccccc2F)cc1. The van der Waals surface area contributed by atoms with Gasteiger partial charge in [0.15, 0.2) is 31.2 Å². The van der Waals surface area contributed by atoms with Crippen LogP contribution in [0.25, 0.3) is 0 Å². The highest BCUT2D eigenvalue weighted by Gasteiger charge is 2.38. The number of nitrogens with one attached hydrogen (secondary N) is 1. The van der Waals surface area contributed by atoms with Crippen molar-refractivity contribution in [2.45, 2.75) is 19.3 Å². The minimum Gasteiger partial charge on any atom is -0.341 e. The maximum Gasteiger partial charge on any atom is 0.471 e. The minimum absolute atomic E-state index is 0.0269. The van der Waals surface area contributed by atoms with Gasteiger partial charge in [-0.3, -0.25) is 24.2 Å². The number of carbonyl (C=O) groups excluding carboxylic acids is 5. The molecule has 2 fully saturated rings. The molecule has 4 aromatic rings. The van der Waals surface area contributed by atoms with E-state index in [1.165, 1.54) is 86.7 Å². The highest BCUT2D eigenvalue weighted by Crippen LogP contribution is 2.26. The average molecular weight is 935 g/mol. The number of alkyl halides is 3. The lowest BCUT2D eigenvalue weighted by Gasteiger charge is -2.33. The third kappa shape index (κ3) is 13.1. The van der Waals surface area contributed by atoms with Gasteiger partial charge in [0.2, 0.25) is 0 Å². The Morgan fingerprint density at radius 1 is 0.578 bits per heavy atom. The first kappa shape index (κ1) is 48.8. The van der Waals surface area contributed by atoms with Gasteiger partial charge in [-0.2, -0.15) is 13.2 Å². The van der Waals surface area contributed by atoms with Gasteiger partial charge in [0.1, 0.15) is 11.6 Å². The predicted octanol–water partition coefficient (Wildman–Crippen LogP) is 4.37. The number of Topliss-reactive ketones (excluding diaryl/α,β-unsaturated/α-hetero) is 2. The summed E-state index contributed by atoms with van der Waals surface area (Å²) < 4.78 is 113. The Morgan fingerprint density at radius 3 is 1.28 bits per heavy atom. The van der Waals surface area contributed by atoms with E-state index in [9.17, 15) is 62.8 Å². The van der Waals surface area contributed by atoms with Crippen LogP contribution in [0.1, 0.15) is 31.8 Å². The highest BCUT2D eigenvalue weighted by atomic mass is 32.2. The molecule has 5 amide bonds. The van der Waals surface area contributed by atoms with Crippen LogP contribution in [0.15, 0.2) is 97.1 Å². The van der Waals surface area contributed by atoms with Crippen LogP contribution in [0.5, 0.6) is 0 Å². The number of nitrogens with two attached hydrogens (primary N) is 1. The maximum atomic E-state index is 14.5. The van der Waals surface area contributed by atoms with Gasteiger partial charge < -0.3 is 20.9 Å². The number of rotatable bonds is 11. The lowest BCUT2D eigenvalue weighted by molar-refractivity contribution is -0.173. The van der Waals surface area contributed by atoms with Crippen LogP contribution in [-0.4, -0.2) is 125 Å². The largest absolute Gasteiger partial charge is 0.471 e. The number of hydrogen-bond acceptors (Lipinski definition) is 10. The maximum absolute atomic E-state index is 14.5. The Hall–Kier alpha value is -6.26. The van der Waals surface area contributed by atoms with E-state index in [0.29, 0.717) is 16.7 Å². The molecule has 342 valence electrons. The molecule has 0 aliphatic carbocycles. The fraction of sp³-hybridized carbons (Fsp3) is 0.310. The van der Waals surface area contributed by atoms with E-state index >= 15 is 0 Å². The summed E-state index contributed by atoms with van der Waals surface area (Å²) in [7, 11) is -6.40. The number of sulfone groups is 2. The Balaban J connectivity index is 0.000000245. The van der Waals surface area contributed by atoms with E-state index in [1.54, 1.807) is 30.3 Å². The topological polar surface area (TPSA) is 205 Å². The van der Waals surface area contributed by atoms with Crippen molar-refractivity contribution in [3.63, 3.8) is 0 Å². The monoisotopic (exact) mass is 934 g/mol. The summed E-state index contributed by atoms with van der Waals surface area (Å²) >= 11 is 0. The zero-order chi connectivity index (χ0) is 46.8. The van der Waals surface area contributed by atoms with E-state index in [1.807, 2.05) is 0 Å². The van der Waals surface area contributed by atoms with E-state index < -0.39 is 67.8 Å². The molecule has 0 aromatic heterocycles. The number of nitrogens with zero attached hydrogens (tertiary/aromatic N) is 4. The number of carbonyl (C=O) groups is 5. The Labute approximate surface area is 365 Å². The molecule has 22 heteroatoms. The number of hydrogen-bond donors (Lipinski definition) is 2. The first-order chi connectivity index (χ1) is 30.2. The van der Waals surface area contributed by atoms with Gasteiger partial charge in [-0.15, -0.1) is 0 Å². The molecular formula is C42H43F5N6O9S2. The Bertz CT molecular complexity index is 2550. The standard InChI is InChI=1S/C22H21F4N3O5S.C20H22FN3O4S/c23-17-3-1-2-4-18(17)29(21(32)28-9-11-35(33,34)12-10-28)14-15-5-7-16(8-6-15)19(30)13-27-20(31)22(24,25)26;21-17-3-1-2-4-18(17)24(20(26)23-9-11-29(27,28)12-10-23)14-15-5-7-16(8-6-15)19(25)13-22/h1-8H,9-14H2,(H,27,31);1-8H,9-14,22H2. The highest BCUT2D eigenvalue weighted by molar-refractivity contribution is 7.91. The number of urea groups is 2. The van der Waals surface area contributed by atoms with Gasteiger partial charge in [-0.25, -0.2) is 35.2 Å². The second kappa shape index (κ2) is 20.9. The first-order valence-corrected chi connectivity index (χ1v) is 23.1. The molecule has 2 aliphatic heterocycles. The molecule has 2 saturated heterocycles. The lowest BCUT2D eigenvalue weighted by atomic mass is 10.1. The summed E-state index contributed by atoms with van der Waals surface area (Å²) in [6.45, 7) is -0.951. The second-order valence-corrected chi connectivity index (χ2v) is 19.2. The normalized spacial score (nSPS) is 15.5. The van der Waals surface area contributed by atoms with Crippen molar-refractivity contribution < 1.29 is 62.8 Å². The van der Waals surface area contributed by atoms with Crippen LogP contribution in [0, 0.1) is 11.6 Å². The van der Waals surface area contributed by atoms with E-state index in [2.05, 4.69) is 0 Å². The van der Waals surface area contributed by atoms with Crippen LogP contribution in [0.3, 0.4) is 0 Å². The lowest BCUT2D eigenvalue weighted by Crippen LogP contribution is -2.50. The Kier molecular flexibility index (Phi) is 16.0. The van der Waals surface area contributed by atoms with Gasteiger partial charge in [0.05, 0.1) is 60.6 Å². The molecular weight excluding hydrogens is 892 g/mol. The van der Waals surface area contributed by atoms with Gasteiger partial charge in [0.25, 0.3) is 0 Å². The van der Waals surface area contributed by atoms with Crippen molar-refractivity contribution in [2.75, 3.05) is 72.1 Å². The summed E-state index contributed by atoms with van der Waals surface area (Å²) in [4.78, 5) is 66.1. The molecule has 0 unspecified atom stereocenters. The van der Waals surface area contributed by atoms with Gasteiger partial charge in [0, 0.05) is 37.3 Å². The number of halogens is 5. The molecule has 15 nitrogen and oxygen atoms in total. The molecule has 64 heavy (non-hydrogen) atoms. The van der Waals surface area contributed by atoms with Crippen LogP contribution < -0.4 is 20.9 Å². The molecule has 6 rings (SSSR count). The van der Waals surface area contributed by atoms with Crippen molar-refractivity contribution in [3.05, 3.63) is 131 Å². The van der Waals surface area contributed by atoms with Gasteiger partial charge in [-0.1, -0.05) is 72.8 Å². The average Bonchev–Trinajstić information content (AvgIpc) is 3.26. The van der Waals surface area contributed by atoms with Crippen molar-refractivity contribution in [3.8, 4) is 0 Å². The molecule has 0 radical (unpaired) electrons.